The molecule has 10 fully saturated rings. The van der Waals surface area contributed by atoms with E-state index in [4.69, 9.17) is 43.2 Å². The van der Waals surface area contributed by atoms with Crippen molar-refractivity contribution in [1.29, 1.82) is 0 Å². The summed E-state index contributed by atoms with van der Waals surface area (Å²) in [4.78, 5) is 27.5. The van der Waals surface area contributed by atoms with Crippen LogP contribution in [0.1, 0.15) is 85.5 Å². The van der Waals surface area contributed by atoms with E-state index in [0.29, 0.717) is 64.7 Å². The highest BCUT2D eigenvalue weighted by Crippen LogP contribution is 2.64. The molecular formula is C37H52F6N2O9. The number of allylic oxidation sites excluding steroid dienone is 1. The van der Waals surface area contributed by atoms with E-state index >= 15 is 13.2 Å². The van der Waals surface area contributed by atoms with Crippen LogP contribution in [0.5, 0.6) is 0 Å². The zero-order valence-electron chi connectivity index (χ0n) is 31.3. The molecule has 3 unspecified atom stereocenters. The number of rotatable bonds is 6. The number of piperazine rings is 1. The Morgan fingerprint density at radius 3 is 1.94 bits per heavy atom. The largest absolute Gasteiger partial charge is 0.456 e. The quantitative estimate of drug-likeness (QED) is 0.217. The summed E-state index contributed by atoms with van der Waals surface area (Å²) in [7, 11) is 0. The van der Waals surface area contributed by atoms with E-state index in [2.05, 4.69) is 13.8 Å². The van der Waals surface area contributed by atoms with E-state index in [9.17, 15) is 13.2 Å². The molecule has 17 heteroatoms. The van der Waals surface area contributed by atoms with Crippen molar-refractivity contribution in [2.45, 2.75) is 139 Å². The highest BCUT2D eigenvalue weighted by molar-refractivity contribution is 5.29. The average Bonchev–Trinajstić information content (AvgIpc) is 3.48. The lowest BCUT2D eigenvalue weighted by Crippen LogP contribution is -2.73. The fraction of sp³-hybridized carbons (Fsp3) is 0.946. The monoisotopic (exact) mass is 782 g/mol. The standard InChI is InChI=1S/C37H52F6N2O9/c1-21-5-7-23-19-33(37(41,42)43,50-30-34(23)25(21)9-11-32(4,49-30)51-53-34)46-18-17-44-13-15-45(16-14-44)20-24-27-8-6-22(2)26-10-12-31(3)48-29(35(26,27)54-52-31)47-28(24)36(38,39)40/h21-23,25-27,29-30H,5-20H2,1-4H3/t21-,22-,23+,25?,26?,27+,29-,30?,31+,32+,33-,34+,35-/m1/s1. The van der Waals surface area contributed by atoms with Crippen LogP contribution in [-0.2, 0) is 43.2 Å². The molecule has 0 aromatic rings. The summed E-state index contributed by atoms with van der Waals surface area (Å²) < 4.78 is 119. The number of nitrogens with zero attached hydrogens (tertiary/aromatic N) is 2. The molecule has 4 bridgehead atoms. The molecular weight excluding hydrogens is 730 g/mol. The average molecular weight is 783 g/mol. The van der Waals surface area contributed by atoms with Crippen LogP contribution in [0, 0.1) is 35.5 Å². The molecule has 2 aliphatic carbocycles. The van der Waals surface area contributed by atoms with Crippen LogP contribution in [0.25, 0.3) is 0 Å². The molecule has 9 aliphatic heterocycles. The van der Waals surface area contributed by atoms with E-state index in [1.807, 2.05) is 9.80 Å². The molecule has 0 radical (unpaired) electrons. The third kappa shape index (κ3) is 5.82. The molecule has 54 heavy (non-hydrogen) atoms. The molecule has 0 N–H and O–H groups in total. The fourth-order valence-corrected chi connectivity index (χ4v) is 11.7. The second-order valence-corrected chi connectivity index (χ2v) is 17.9. The van der Waals surface area contributed by atoms with Gasteiger partial charge in [0.15, 0.2) is 17.5 Å². The zero-order valence-corrected chi connectivity index (χ0v) is 31.3. The second-order valence-electron chi connectivity index (χ2n) is 17.9. The smallest absolute Gasteiger partial charge is 0.449 e. The summed E-state index contributed by atoms with van der Waals surface area (Å²) in [6, 6.07) is 0. The number of fused-ring (bicyclic) bond motifs is 4. The van der Waals surface area contributed by atoms with Crippen molar-refractivity contribution in [1.82, 2.24) is 9.80 Å². The van der Waals surface area contributed by atoms with Crippen LogP contribution < -0.4 is 0 Å². The summed E-state index contributed by atoms with van der Waals surface area (Å²) in [5.41, 5.74) is -2.20. The summed E-state index contributed by atoms with van der Waals surface area (Å²) in [5, 5.41) is 0. The molecule has 306 valence electrons. The summed E-state index contributed by atoms with van der Waals surface area (Å²) in [6.45, 7) is 9.11. The van der Waals surface area contributed by atoms with Gasteiger partial charge in [0, 0.05) is 76.3 Å². The van der Waals surface area contributed by atoms with E-state index in [0.717, 1.165) is 12.8 Å². The summed E-state index contributed by atoms with van der Waals surface area (Å²) in [6.07, 6.45) is -7.79. The Morgan fingerprint density at radius 1 is 0.704 bits per heavy atom. The van der Waals surface area contributed by atoms with Crippen molar-refractivity contribution < 1.29 is 69.6 Å². The van der Waals surface area contributed by atoms with Crippen LogP contribution in [-0.4, -0.2) is 109 Å². The molecule has 11 nitrogen and oxygen atoms in total. The van der Waals surface area contributed by atoms with Crippen molar-refractivity contribution in [2.24, 2.45) is 35.5 Å². The van der Waals surface area contributed by atoms with Gasteiger partial charge in [-0.2, -0.15) is 26.3 Å². The Morgan fingerprint density at radius 2 is 1.30 bits per heavy atom. The van der Waals surface area contributed by atoms with E-state index in [1.54, 1.807) is 13.8 Å². The Balaban J connectivity index is 0.873. The number of hydrogen-bond acceptors (Lipinski definition) is 11. The van der Waals surface area contributed by atoms with E-state index in [-0.39, 0.29) is 48.9 Å². The highest BCUT2D eigenvalue weighted by atomic mass is 19.4. The first-order valence-corrected chi connectivity index (χ1v) is 19.8. The lowest BCUT2D eigenvalue weighted by atomic mass is 9.59. The van der Waals surface area contributed by atoms with Crippen molar-refractivity contribution >= 4 is 0 Å². The number of hydrogen-bond donors (Lipinski definition) is 0. The molecule has 11 aliphatic rings. The predicted molar refractivity (Wildman–Crippen MR) is 173 cm³/mol. The number of halogens is 6. The molecule has 0 aromatic carbocycles. The van der Waals surface area contributed by atoms with Crippen LogP contribution in [0.15, 0.2) is 11.3 Å². The summed E-state index contributed by atoms with van der Waals surface area (Å²) >= 11 is 0. The molecule has 8 saturated heterocycles. The van der Waals surface area contributed by atoms with Gasteiger partial charge in [0.1, 0.15) is 0 Å². The second kappa shape index (κ2) is 12.9. The molecule has 11 rings (SSSR count). The Bertz CT molecular complexity index is 1490. The number of ether oxygens (including phenoxy) is 5. The van der Waals surface area contributed by atoms with Crippen LogP contribution >= 0.6 is 0 Å². The van der Waals surface area contributed by atoms with Crippen molar-refractivity contribution in [3.63, 3.8) is 0 Å². The first-order valence-electron chi connectivity index (χ1n) is 19.8. The topological polar surface area (TPSA) is 89.6 Å². The minimum absolute atomic E-state index is 0.0138. The van der Waals surface area contributed by atoms with Gasteiger partial charge >= 0.3 is 12.4 Å². The van der Waals surface area contributed by atoms with Crippen LogP contribution in [0.3, 0.4) is 0 Å². The van der Waals surface area contributed by atoms with Gasteiger partial charge in [-0.05, 0) is 75.7 Å². The molecule has 2 saturated carbocycles. The van der Waals surface area contributed by atoms with Gasteiger partial charge in [-0.25, -0.2) is 19.6 Å². The normalized spacial score (nSPS) is 49.5. The first kappa shape index (κ1) is 38.2. The van der Waals surface area contributed by atoms with E-state index in [1.165, 1.54) is 0 Å². The van der Waals surface area contributed by atoms with Gasteiger partial charge in [0.2, 0.25) is 23.6 Å². The lowest BCUT2D eigenvalue weighted by Gasteiger charge is -2.60. The van der Waals surface area contributed by atoms with Crippen LogP contribution in [0.2, 0.25) is 0 Å². The zero-order chi connectivity index (χ0) is 38.1. The highest BCUT2D eigenvalue weighted by Gasteiger charge is 2.75. The lowest BCUT2D eigenvalue weighted by molar-refractivity contribution is -0.592. The number of alkyl halides is 6. The third-order valence-electron chi connectivity index (χ3n) is 14.6. The minimum Gasteiger partial charge on any atom is -0.456 e. The van der Waals surface area contributed by atoms with Gasteiger partial charge in [-0.1, -0.05) is 13.8 Å². The first-order chi connectivity index (χ1) is 25.4. The van der Waals surface area contributed by atoms with Crippen LogP contribution in [0.4, 0.5) is 26.3 Å². The van der Waals surface area contributed by atoms with Crippen molar-refractivity contribution in [2.75, 3.05) is 45.9 Å². The maximum absolute atomic E-state index is 15.0. The molecule has 9 heterocycles. The van der Waals surface area contributed by atoms with Gasteiger partial charge in [0.25, 0.3) is 5.79 Å². The molecule has 13 atom stereocenters. The maximum atomic E-state index is 15.0. The third-order valence-corrected chi connectivity index (χ3v) is 14.6. The minimum atomic E-state index is -4.85. The van der Waals surface area contributed by atoms with Gasteiger partial charge in [-0.3, -0.25) is 9.80 Å². The maximum Gasteiger partial charge on any atom is 0.449 e. The molecule has 2 spiro atoms. The van der Waals surface area contributed by atoms with Crippen molar-refractivity contribution in [3.8, 4) is 0 Å². The van der Waals surface area contributed by atoms with Gasteiger partial charge < -0.3 is 23.7 Å². The molecule has 0 aromatic heterocycles. The SMILES string of the molecule is C[C@@H]1CC[C@H]2C[C@](OCCN3CCN(CC4=C(C(F)(F)F)O[C@@H]5O[C@]6(C)CCC7[C@H](C)CC[C@@H]4[C@]75OO6)CC3)(C(F)(F)F)OC3O[C@]4(C)CCC1[C@]32OO4. The molecule has 0 amide bonds. The Labute approximate surface area is 311 Å². The van der Waals surface area contributed by atoms with Crippen molar-refractivity contribution in [3.05, 3.63) is 11.3 Å². The van der Waals surface area contributed by atoms with E-state index < -0.39 is 77.5 Å². The predicted octanol–water partition coefficient (Wildman–Crippen LogP) is 6.58. The Kier molecular flexibility index (Phi) is 9.11. The summed E-state index contributed by atoms with van der Waals surface area (Å²) in [5.74, 6) is -7.31. The van der Waals surface area contributed by atoms with Gasteiger partial charge in [0.05, 0.1) is 6.61 Å². The van der Waals surface area contributed by atoms with Gasteiger partial charge in [-0.15, -0.1) is 0 Å². The Hall–Kier alpha value is -1.28. The fourth-order valence-electron chi connectivity index (χ4n) is 11.7.